The van der Waals surface area contributed by atoms with E-state index in [-0.39, 0.29) is 17.9 Å². The minimum atomic E-state index is -0.382. The van der Waals surface area contributed by atoms with E-state index in [1.54, 1.807) is 0 Å². The first-order valence-electron chi connectivity index (χ1n) is 5.90. The Morgan fingerprint density at radius 2 is 1.69 bits per heavy atom. The van der Waals surface area contributed by atoms with Crippen LogP contribution in [0.15, 0.2) is 0 Å². The summed E-state index contributed by atoms with van der Waals surface area (Å²) in [6.45, 7) is 9.23. The second-order valence-corrected chi connectivity index (χ2v) is 3.04. The number of aliphatic hydroxyl groups excluding tert-OH is 1. The standard InChI is InChI=1S/C8H17NO2.C2H4O.C2H6/c1-3-6(8(9)11)5-7(10)4-2;1-2-3;1-2/h6-7,10H,3-5H2,1-2H3,(H2,9,11);2H,1H3;1-2H3. The summed E-state index contributed by atoms with van der Waals surface area (Å²) >= 11 is 0. The van der Waals surface area contributed by atoms with Crippen LogP contribution in [-0.2, 0) is 9.59 Å². The summed E-state index contributed by atoms with van der Waals surface area (Å²) in [5, 5.41) is 9.20. The van der Waals surface area contributed by atoms with Gasteiger partial charge in [0.15, 0.2) is 0 Å². The highest BCUT2D eigenvalue weighted by atomic mass is 16.3. The van der Waals surface area contributed by atoms with E-state index in [0.717, 1.165) is 6.29 Å². The molecule has 0 spiro atoms. The number of aldehydes is 1. The Balaban J connectivity index is -0.000000289. The molecule has 0 aromatic rings. The Morgan fingerprint density at radius 1 is 1.31 bits per heavy atom. The molecule has 2 atom stereocenters. The zero-order valence-electron chi connectivity index (χ0n) is 11.2. The van der Waals surface area contributed by atoms with Crippen molar-refractivity contribution in [2.75, 3.05) is 0 Å². The van der Waals surface area contributed by atoms with E-state index >= 15 is 0 Å². The van der Waals surface area contributed by atoms with Crippen LogP contribution in [-0.4, -0.2) is 23.4 Å². The molecule has 4 nitrogen and oxygen atoms in total. The summed E-state index contributed by atoms with van der Waals surface area (Å²) in [4.78, 5) is 19.5. The van der Waals surface area contributed by atoms with Crippen molar-refractivity contribution >= 4 is 12.2 Å². The number of nitrogens with two attached hydrogens (primary N) is 1. The van der Waals surface area contributed by atoms with Crippen molar-refractivity contribution < 1.29 is 14.7 Å². The molecule has 4 heteroatoms. The zero-order valence-corrected chi connectivity index (χ0v) is 11.2. The fourth-order valence-corrected chi connectivity index (χ4v) is 0.979. The predicted molar refractivity (Wildman–Crippen MR) is 67.0 cm³/mol. The van der Waals surface area contributed by atoms with Crippen molar-refractivity contribution in [1.82, 2.24) is 0 Å². The first kappa shape index (κ1) is 20.5. The number of hydrogen-bond acceptors (Lipinski definition) is 3. The Labute approximate surface area is 99.2 Å². The van der Waals surface area contributed by atoms with Gasteiger partial charge in [0.25, 0.3) is 0 Å². The van der Waals surface area contributed by atoms with Crippen LogP contribution in [0.5, 0.6) is 0 Å². The zero-order chi connectivity index (χ0) is 13.6. The van der Waals surface area contributed by atoms with Crippen molar-refractivity contribution in [2.45, 2.75) is 60.0 Å². The van der Waals surface area contributed by atoms with Crippen molar-refractivity contribution in [3.8, 4) is 0 Å². The maximum atomic E-state index is 10.7. The number of amides is 1. The molecule has 0 saturated carbocycles. The molecule has 98 valence electrons. The van der Waals surface area contributed by atoms with Gasteiger partial charge in [-0.3, -0.25) is 4.79 Å². The van der Waals surface area contributed by atoms with Crippen LogP contribution in [0.4, 0.5) is 0 Å². The van der Waals surface area contributed by atoms with Crippen LogP contribution < -0.4 is 5.73 Å². The van der Waals surface area contributed by atoms with Gasteiger partial charge in [0, 0.05) is 5.92 Å². The molecule has 0 radical (unpaired) electrons. The van der Waals surface area contributed by atoms with E-state index in [2.05, 4.69) is 0 Å². The van der Waals surface area contributed by atoms with Gasteiger partial charge in [0.1, 0.15) is 6.29 Å². The van der Waals surface area contributed by atoms with Gasteiger partial charge < -0.3 is 15.6 Å². The SMILES string of the molecule is CC.CC=O.CCC(O)CC(CC)C(N)=O. The average molecular weight is 233 g/mol. The maximum absolute atomic E-state index is 10.7. The fourth-order valence-electron chi connectivity index (χ4n) is 0.979. The Bertz CT molecular complexity index is 160. The highest BCUT2D eigenvalue weighted by Crippen LogP contribution is 2.11. The van der Waals surface area contributed by atoms with Crippen LogP contribution >= 0.6 is 0 Å². The van der Waals surface area contributed by atoms with Gasteiger partial charge in [-0.2, -0.15) is 0 Å². The summed E-state index contributed by atoms with van der Waals surface area (Å²) in [5.74, 6) is -0.468. The lowest BCUT2D eigenvalue weighted by Crippen LogP contribution is -2.26. The van der Waals surface area contributed by atoms with Gasteiger partial charge in [-0.25, -0.2) is 0 Å². The Morgan fingerprint density at radius 3 is 1.88 bits per heavy atom. The molecule has 3 N–H and O–H groups in total. The number of carbonyl (C=O) groups excluding carboxylic acids is 2. The van der Waals surface area contributed by atoms with E-state index in [1.165, 1.54) is 6.92 Å². The molecule has 0 aliphatic rings. The first-order chi connectivity index (χ1) is 7.53. The smallest absolute Gasteiger partial charge is 0.220 e. The van der Waals surface area contributed by atoms with Gasteiger partial charge in [-0.15, -0.1) is 0 Å². The van der Waals surface area contributed by atoms with Crippen LogP contribution in [0, 0.1) is 5.92 Å². The average Bonchev–Trinajstić information content (AvgIpc) is 2.28. The van der Waals surface area contributed by atoms with Gasteiger partial charge in [-0.1, -0.05) is 27.7 Å². The van der Waals surface area contributed by atoms with E-state index < -0.39 is 0 Å². The first-order valence-corrected chi connectivity index (χ1v) is 5.90. The summed E-state index contributed by atoms with van der Waals surface area (Å²) in [5.41, 5.74) is 5.10. The Hall–Kier alpha value is -0.900. The molecule has 0 rings (SSSR count). The number of carbonyl (C=O) groups is 2. The van der Waals surface area contributed by atoms with Crippen LogP contribution in [0.2, 0.25) is 0 Å². The molecule has 16 heavy (non-hydrogen) atoms. The lowest BCUT2D eigenvalue weighted by molar-refractivity contribution is -0.122. The lowest BCUT2D eigenvalue weighted by atomic mass is 9.97. The highest BCUT2D eigenvalue weighted by molar-refractivity contribution is 5.76. The van der Waals surface area contributed by atoms with Crippen molar-refractivity contribution in [1.29, 1.82) is 0 Å². The third kappa shape index (κ3) is 15.6. The predicted octanol–water partition coefficient (Wildman–Crippen LogP) is 1.89. The monoisotopic (exact) mass is 233 g/mol. The molecule has 1 amide bonds. The third-order valence-electron chi connectivity index (χ3n) is 1.92. The molecule has 0 bridgehead atoms. The molecule has 0 aromatic heterocycles. The van der Waals surface area contributed by atoms with Crippen molar-refractivity contribution in [2.24, 2.45) is 11.7 Å². The second kappa shape index (κ2) is 16.5. The molecule has 0 aliphatic carbocycles. The van der Waals surface area contributed by atoms with E-state index in [9.17, 15) is 9.90 Å². The largest absolute Gasteiger partial charge is 0.393 e. The minimum absolute atomic E-state index is 0.162. The lowest BCUT2D eigenvalue weighted by Gasteiger charge is -2.13. The maximum Gasteiger partial charge on any atom is 0.220 e. The van der Waals surface area contributed by atoms with Gasteiger partial charge in [0.2, 0.25) is 5.91 Å². The summed E-state index contributed by atoms with van der Waals surface area (Å²) in [6, 6.07) is 0. The van der Waals surface area contributed by atoms with Gasteiger partial charge >= 0.3 is 0 Å². The topological polar surface area (TPSA) is 80.4 Å². The normalized spacial score (nSPS) is 12.1. The summed E-state index contributed by atoms with van der Waals surface area (Å²) in [6.07, 6.45) is 2.27. The second-order valence-electron chi connectivity index (χ2n) is 3.04. The van der Waals surface area contributed by atoms with Gasteiger partial charge in [0.05, 0.1) is 6.10 Å². The summed E-state index contributed by atoms with van der Waals surface area (Å²) < 4.78 is 0. The van der Waals surface area contributed by atoms with Crippen LogP contribution in [0.1, 0.15) is 53.9 Å². The highest BCUT2D eigenvalue weighted by Gasteiger charge is 2.16. The molecular formula is C12H27NO3. The molecule has 0 saturated heterocycles. The van der Waals surface area contributed by atoms with Gasteiger partial charge in [-0.05, 0) is 26.2 Å². The quantitative estimate of drug-likeness (QED) is 0.711. The van der Waals surface area contributed by atoms with Crippen LogP contribution in [0.3, 0.4) is 0 Å². The van der Waals surface area contributed by atoms with Crippen molar-refractivity contribution in [3.63, 3.8) is 0 Å². The van der Waals surface area contributed by atoms with E-state index in [0.29, 0.717) is 19.3 Å². The number of primary amides is 1. The van der Waals surface area contributed by atoms with Crippen LogP contribution in [0.25, 0.3) is 0 Å². The molecular weight excluding hydrogens is 206 g/mol. The molecule has 2 unspecified atom stereocenters. The van der Waals surface area contributed by atoms with E-state index in [1.807, 2.05) is 27.7 Å². The summed E-state index contributed by atoms with van der Waals surface area (Å²) in [7, 11) is 0. The number of rotatable bonds is 5. The molecule has 0 aromatic carbocycles. The third-order valence-corrected chi connectivity index (χ3v) is 1.92. The number of hydrogen-bond donors (Lipinski definition) is 2. The minimum Gasteiger partial charge on any atom is -0.393 e. The van der Waals surface area contributed by atoms with Crippen molar-refractivity contribution in [3.05, 3.63) is 0 Å². The number of aliphatic hydroxyl groups is 1. The molecule has 0 heterocycles. The molecule has 0 fully saturated rings. The fraction of sp³-hybridized carbons (Fsp3) is 0.833. The molecule has 0 aliphatic heterocycles. The van der Waals surface area contributed by atoms with E-state index in [4.69, 9.17) is 10.5 Å². The Kier molecular flexibility index (Phi) is 21.2.